The van der Waals surface area contributed by atoms with E-state index in [-0.39, 0.29) is 23.2 Å². The second-order valence-corrected chi connectivity index (χ2v) is 9.96. The van der Waals surface area contributed by atoms with Gasteiger partial charge in [-0.3, -0.25) is 4.99 Å². The number of piperazine rings is 1. The molecular formula is C29H34FN7O2. The molecule has 3 heterocycles. The molecular weight excluding hydrogens is 497 g/mol. The quantitative estimate of drug-likeness (QED) is 0.103. The molecule has 2 aliphatic rings. The topological polar surface area (TPSA) is 135 Å². The summed E-state index contributed by atoms with van der Waals surface area (Å²) < 4.78 is 22.0. The highest BCUT2D eigenvalue weighted by atomic mass is 19.1. The molecule has 2 unspecified atom stereocenters. The van der Waals surface area contributed by atoms with Crippen molar-refractivity contribution in [3.05, 3.63) is 77.3 Å². The Bertz CT molecular complexity index is 1410. The highest BCUT2D eigenvalue weighted by Gasteiger charge is 2.34. The third-order valence-corrected chi connectivity index (χ3v) is 7.14. The molecule has 0 amide bonds. The first-order valence-corrected chi connectivity index (χ1v) is 13.2. The Morgan fingerprint density at radius 2 is 1.92 bits per heavy atom. The molecule has 2 bridgehead atoms. The zero-order valence-corrected chi connectivity index (χ0v) is 21.8. The SMILES string of the molecule is C=C/C(O)=C\c1ccccc1Cc1ccc2c(N3CC4CCC(C3)N4)nc(OCCCN=C(N)N)nc2c1F. The van der Waals surface area contributed by atoms with Crippen LogP contribution in [0.4, 0.5) is 10.2 Å². The van der Waals surface area contributed by atoms with Crippen LogP contribution in [0.3, 0.4) is 0 Å². The van der Waals surface area contributed by atoms with Crippen molar-refractivity contribution in [2.45, 2.75) is 37.8 Å². The summed E-state index contributed by atoms with van der Waals surface area (Å²) in [5.74, 6) is 0.345. The van der Waals surface area contributed by atoms with Crippen molar-refractivity contribution in [1.82, 2.24) is 15.3 Å². The van der Waals surface area contributed by atoms with Gasteiger partial charge in [0.15, 0.2) is 11.8 Å². The van der Waals surface area contributed by atoms with E-state index in [4.69, 9.17) is 21.2 Å². The van der Waals surface area contributed by atoms with Gasteiger partial charge in [-0.05, 0) is 47.8 Å². The number of hydrogen-bond donors (Lipinski definition) is 4. The molecule has 2 aliphatic heterocycles. The van der Waals surface area contributed by atoms with E-state index in [9.17, 15) is 5.11 Å². The molecule has 0 spiro atoms. The van der Waals surface area contributed by atoms with Crippen molar-refractivity contribution in [3.8, 4) is 6.01 Å². The molecule has 39 heavy (non-hydrogen) atoms. The highest BCUT2D eigenvalue weighted by Crippen LogP contribution is 2.33. The summed E-state index contributed by atoms with van der Waals surface area (Å²) in [6.45, 7) is 5.89. The van der Waals surface area contributed by atoms with E-state index in [1.165, 1.54) is 6.08 Å². The van der Waals surface area contributed by atoms with Crippen LogP contribution in [0.15, 0.2) is 59.8 Å². The van der Waals surface area contributed by atoms with E-state index in [1.54, 1.807) is 12.1 Å². The molecule has 0 radical (unpaired) electrons. The summed E-state index contributed by atoms with van der Waals surface area (Å²) in [5.41, 5.74) is 13.2. The van der Waals surface area contributed by atoms with Gasteiger partial charge in [0.2, 0.25) is 0 Å². The molecule has 3 aromatic rings. The summed E-state index contributed by atoms with van der Waals surface area (Å²) in [6, 6.07) is 12.2. The number of halogens is 1. The van der Waals surface area contributed by atoms with Gasteiger partial charge in [0.1, 0.15) is 17.1 Å². The Labute approximate surface area is 227 Å². The summed E-state index contributed by atoms with van der Waals surface area (Å²) in [6.07, 6.45) is 6.11. The number of aliphatic hydroxyl groups is 1. The Morgan fingerprint density at radius 3 is 2.67 bits per heavy atom. The molecule has 204 valence electrons. The lowest BCUT2D eigenvalue weighted by Gasteiger charge is -2.34. The van der Waals surface area contributed by atoms with Crippen molar-refractivity contribution in [2.24, 2.45) is 16.5 Å². The number of benzene rings is 2. The number of allylic oxidation sites excluding steroid dienone is 1. The number of anilines is 1. The maximum Gasteiger partial charge on any atom is 0.319 e. The fraction of sp³-hybridized carbons (Fsp3) is 0.345. The highest BCUT2D eigenvalue weighted by molar-refractivity contribution is 5.91. The zero-order valence-electron chi connectivity index (χ0n) is 21.8. The van der Waals surface area contributed by atoms with Crippen molar-refractivity contribution in [1.29, 1.82) is 0 Å². The Morgan fingerprint density at radius 1 is 1.15 bits per heavy atom. The van der Waals surface area contributed by atoms with Crippen molar-refractivity contribution < 1.29 is 14.2 Å². The van der Waals surface area contributed by atoms with E-state index in [2.05, 4.69) is 26.8 Å². The normalized spacial score (nSPS) is 18.8. The molecule has 0 saturated carbocycles. The van der Waals surface area contributed by atoms with Gasteiger partial charge in [-0.25, -0.2) is 4.39 Å². The Kier molecular flexibility index (Phi) is 7.92. The smallest absolute Gasteiger partial charge is 0.319 e. The van der Waals surface area contributed by atoms with Gasteiger partial charge >= 0.3 is 6.01 Å². The predicted molar refractivity (Wildman–Crippen MR) is 152 cm³/mol. The standard InChI is InChI=1S/C29H34FN7O2/c1-2-23(38)15-19-7-4-3-6-18(19)14-20-8-11-24-26(25(20)30)35-29(39-13-5-12-33-28(31)32)36-27(24)37-16-21-9-10-22(17-37)34-21/h2-4,6-8,11,15,21-22,34,38H,1,5,9-10,12-14,16-17H2,(H4,31,32,33)/b23-15+. The molecule has 2 aromatic carbocycles. The third kappa shape index (κ3) is 6.12. The summed E-state index contributed by atoms with van der Waals surface area (Å²) in [7, 11) is 0. The summed E-state index contributed by atoms with van der Waals surface area (Å²) in [4.78, 5) is 15.4. The van der Waals surface area contributed by atoms with E-state index in [0.717, 1.165) is 37.1 Å². The molecule has 6 N–H and O–H groups in total. The average Bonchev–Trinajstić information content (AvgIpc) is 3.27. The lowest BCUT2D eigenvalue weighted by Crippen LogP contribution is -2.51. The van der Waals surface area contributed by atoms with Crippen LogP contribution in [-0.2, 0) is 6.42 Å². The minimum atomic E-state index is -0.411. The first kappa shape index (κ1) is 26.4. The number of nitrogens with two attached hydrogens (primary N) is 2. The number of aromatic nitrogens is 2. The van der Waals surface area contributed by atoms with Crippen LogP contribution in [0.1, 0.15) is 36.0 Å². The minimum absolute atomic E-state index is 0.0268. The van der Waals surface area contributed by atoms with Crippen LogP contribution >= 0.6 is 0 Å². The molecule has 0 aliphatic carbocycles. The van der Waals surface area contributed by atoms with Crippen LogP contribution in [0.25, 0.3) is 17.0 Å². The van der Waals surface area contributed by atoms with Crippen LogP contribution < -0.4 is 26.4 Å². The predicted octanol–water partition coefficient (Wildman–Crippen LogP) is 3.43. The van der Waals surface area contributed by atoms with E-state index >= 15 is 4.39 Å². The Balaban J connectivity index is 1.50. The number of rotatable bonds is 10. The Hall–Kier alpha value is -4.18. The fourth-order valence-corrected chi connectivity index (χ4v) is 5.28. The molecule has 10 heteroatoms. The van der Waals surface area contributed by atoms with Crippen molar-refractivity contribution in [3.63, 3.8) is 0 Å². The molecule has 1 aromatic heterocycles. The van der Waals surface area contributed by atoms with Gasteiger partial charge in [0, 0.05) is 49.9 Å². The number of nitrogens with zero attached hydrogens (tertiary/aromatic N) is 4. The van der Waals surface area contributed by atoms with Gasteiger partial charge in [-0.1, -0.05) is 36.9 Å². The van der Waals surface area contributed by atoms with Crippen molar-refractivity contribution >= 4 is 28.8 Å². The monoisotopic (exact) mass is 531 g/mol. The molecule has 9 nitrogen and oxygen atoms in total. The lowest BCUT2D eigenvalue weighted by atomic mass is 9.98. The minimum Gasteiger partial charge on any atom is -0.508 e. The van der Waals surface area contributed by atoms with Gasteiger partial charge in [0.05, 0.1) is 6.61 Å². The van der Waals surface area contributed by atoms with E-state index in [1.807, 2.05) is 30.3 Å². The van der Waals surface area contributed by atoms with Crippen LogP contribution in [-0.4, -0.2) is 59.4 Å². The van der Waals surface area contributed by atoms with E-state index in [0.29, 0.717) is 54.8 Å². The average molecular weight is 532 g/mol. The second-order valence-electron chi connectivity index (χ2n) is 9.96. The van der Waals surface area contributed by atoms with Crippen molar-refractivity contribution in [2.75, 3.05) is 31.1 Å². The number of ether oxygens (including phenoxy) is 1. The first-order valence-electron chi connectivity index (χ1n) is 13.2. The number of hydrogen-bond acceptors (Lipinski definition) is 7. The van der Waals surface area contributed by atoms with Gasteiger partial charge in [0.25, 0.3) is 0 Å². The van der Waals surface area contributed by atoms with Crippen LogP contribution in [0, 0.1) is 5.82 Å². The lowest BCUT2D eigenvalue weighted by molar-refractivity contribution is 0.290. The first-order chi connectivity index (χ1) is 18.9. The molecule has 2 atom stereocenters. The van der Waals surface area contributed by atoms with Gasteiger partial charge in [-0.15, -0.1) is 0 Å². The number of fused-ring (bicyclic) bond motifs is 3. The molecule has 5 rings (SSSR count). The van der Waals surface area contributed by atoms with E-state index < -0.39 is 5.82 Å². The number of guanidine groups is 1. The summed E-state index contributed by atoms with van der Waals surface area (Å²) in [5, 5.41) is 14.2. The van der Waals surface area contributed by atoms with Crippen LogP contribution in [0.2, 0.25) is 0 Å². The maximum absolute atomic E-state index is 16.1. The zero-order chi connectivity index (χ0) is 27.4. The summed E-state index contributed by atoms with van der Waals surface area (Å²) >= 11 is 0. The third-order valence-electron chi connectivity index (χ3n) is 7.14. The van der Waals surface area contributed by atoms with Crippen LogP contribution in [0.5, 0.6) is 6.01 Å². The fourth-order valence-electron chi connectivity index (χ4n) is 5.28. The molecule has 2 saturated heterocycles. The number of aliphatic imine (C=N–C) groups is 1. The largest absolute Gasteiger partial charge is 0.508 e. The van der Waals surface area contributed by atoms with Gasteiger partial charge < -0.3 is 31.5 Å². The number of nitrogens with one attached hydrogen (secondary N) is 1. The number of aliphatic hydroxyl groups excluding tert-OH is 1. The van der Waals surface area contributed by atoms with Gasteiger partial charge in [-0.2, -0.15) is 9.97 Å². The maximum atomic E-state index is 16.1. The molecule has 2 fully saturated rings. The second kappa shape index (κ2) is 11.7.